The molecule has 0 aromatic heterocycles. The van der Waals surface area contributed by atoms with Crippen LogP contribution in [0.25, 0.3) is 11.1 Å². The molecule has 0 saturated heterocycles. The van der Waals surface area contributed by atoms with Gasteiger partial charge < -0.3 is 20.1 Å². The van der Waals surface area contributed by atoms with Crippen LogP contribution >= 0.6 is 0 Å². The second-order valence-electron chi connectivity index (χ2n) is 6.51. The number of hydrogen-bond donors (Lipinski definition) is 2. The predicted octanol–water partition coefficient (Wildman–Crippen LogP) is 1.89. The van der Waals surface area contributed by atoms with Crippen LogP contribution in [0, 0.1) is 0 Å². The van der Waals surface area contributed by atoms with Gasteiger partial charge in [0.25, 0.3) is 5.91 Å². The number of ether oxygens (including phenoxy) is 1. The van der Waals surface area contributed by atoms with Gasteiger partial charge in [-0.2, -0.15) is 0 Å². The van der Waals surface area contributed by atoms with Crippen LogP contribution < -0.4 is 10.1 Å². The standard InChI is InChI=1S/C22H26N2O5/c1-4-13-29-18-11-9-16(10-12-18)15-5-7-17(8-6-15)22(28)24(3)20(19(26)14-25)21(27)23-2/h5-12,20,25H,4,13-14H2,1-3H3,(H,23,27). The van der Waals surface area contributed by atoms with Crippen LogP contribution in [-0.4, -0.2) is 61.0 Å². The van der Waals surface area contributed by atoms with Crippen molar-refractivity contribution in [2.24, 2.45) is 0 Å². The minimum Gasteiger partial charge on any atom is -0.494 e. The lowest BCUT2D eigenvalue weighted by Gasteiger charge is -2.25. The first-order valence-electron chi connectivity index (χ1n) is 9.38. The molecule has 0 bridgehead atoms. The molecule has 29 heavy (non-hydrogen) atoms. The van der Waals surface area contributed by atoms with Crippen LogP contribution in [0.1, 0.15) is 23.7 Å². The van der Waals surface area contributed by atoms with E-state index in [1.165, 1.54) is 14.1 Å². The Kier molecular flexibility index (Phi) is 7.91. The summed E-state index contributed by atoms with van der Waals surface area (Å²) in [6.45, 7) is 1.89. The molecule has 2 amide bonds. The summed E-state index contributed by atoms with van der Waals surface area (Å²) in [5.41, 5.74) is 2.22. The quantitative estimate of drug-likeness (QED) is 0.629. The maximum Gasteiger partial charge on any atom is 0.254 e. The zero-order valence-electron chi connectivity index (χ0n) is 16.8. The highest BCUT2D eigenvalue weighted by Crippen LogP contribution is 2.23. The van der Waals surface area contributed by atoms with Crippen molar-refractivity contribution < 1.29 is 24.2 Å². The van der Waals surface area contributed by atoms with Crippen molar-refractivity contribution in [3.8, 4) is 16.9 Å². The Hall–Kier alpha value is -3.19. The predicted molar refractivity (Wildman–Crippen MR) is 110 cm³/mol. The number of ketones is 1. The number of amides is 2. The van der Waals surface area contributed by atoms with Crippen molar-refractivity contribution in [3.05, 3.63) is 54.1 Å². The van der Waals surface area contributed by atoms with E-state index in [-0.39, 0.29) is 0 Å². The summed E-state index contributed by atoms with van der Waals surface area (Å²) in [4.78, 5) is 37.6. The number of aliphatic hydroxyl groups excluding tert-OH is 1. The van der Waals surface area contributed by atoms with E-state index in [1.54, 1.807) is 24.3 Å². The summed E-state index contributed by atoms with van der Waals surface area (Å²) in [7, 11) is 2.73. The van der Waals surface area contributed by atoms with Gasteiger partial charge in [0.2, 0.25) is 5.91 Å². The molecule has 0 aliphatic heterocycles. The lowest BCUT2D eigenvalue weighted by molar-refractivity contribution is -0.135. The highest BCUT2D eigenvalue weighted by atomic mass is 16.5. The van der Waals surface area contributed by atoms with E-state index in [9.17, 15) is 14.4 Å². The molecule has 2 aromatic rings. The molecular weight excluding hydrogens is 372 g/mol. The van der Waals surface area contributed by atoms with Crippen LogP contribution in [0.15, 0.2) is 48.5 Å². The van der Waals surface area contributed by atoms with Crippen LogP contribution in [-0.2, 0) is 9.59 Å². The number of carbonyl (C=O) groups excluding carboxylic acids is 3. The number of nitrogens with one attached hydrogen (secondary N) is 1. The van der Waals surface area contributed by atoms with Gasteiger partial charge in [-0.25, -0.2) is 0 Å². The average Bonchev–Trinajstić information content (AvgIpc) is 2.77. The van der Waals surface area contributed by atoms with Crippen LogP contribution in [0.2, 0.25) is 0 Å². The Morgan fingerprint density at radius 3 is 2.07 bits per heavy atom. The van der Waals surface area contributed by atoms with E-state index >= 15 is 0 Å². The third-order valence-corrected chi connectivity index (χ3v) is 4.46. The fraction of sp³-hybridized carbons (Fsp3) is 0.318. The summed E-state index contributed by atoms with van der Waals surface area (Å²) < 4.78 is 5.57. The molecule has 2 N–H and O–H groups in total. The number of nitrogens with zero attached hydrogens (tertiary/aromatic N) is 1. The molecule has 0 aliphatic carbocycles. The van der Waals surface area contributed by atoms with Crippen LogP contribution in [0.5, 0.6) is 5.75 Å². The van der Waals surface area contributed by atoms with E-state index in [2.05, 4.69) is 5.32 Å². The number of rotatable bonds is 9. The van der Waals surface area contributed by atoms with Gasteiger partial charge in [-0.05, 0) is 41.8 Å². The SMILES string of the molecule is CCCOc1ccc(-c2ccc(C(=O)N(C)C(C(=O)CO)C(=O)NC)cc2)cc1. The molecule has 2 aromatic carbocycles. The van der Waals surface area contributed by atoms with Gasteiger partial charge in [-0.15, -0.1) is 0 Å². The van der Waals surface area contributed by atoms with E-state index in [0.717, 1.165) is 28.2 Å². The molecule has 0 saturated carbocycles. The molecule has 0 aliphatic rings. The normalized spacial score (nSPS) is 11.4. The van der Waals surface area contributed by atoms with Crippen molar-refractivity contribution in [3.63, 3.8) is 0 Å². The molecule has 0 radical (unpaired) electrons. The Morgan fingerprint density at radius 1 is 1.03 bits per heavy atom. The van der Waals surface area contributed by atoms with Gasteiger partial charge in [0.15, 0.2) is 11.8 Å². The van der Waals surface area contributed by atoms with Crippen LogP contribution in [0.4, 0.5) is 0 Å². The van der Waals surface area contributed by atoms with Crippen molar-refractivity contribution in [1.82, 2.24) is 10.2 Å². The number of benzene rings is 2. The molecule has 0 fully saturated rings. The monoisotopic (exact) mass is 398 g/mol. The summed E-state index contributed by atoms with van der Waals surface area (Å²) in [5, 5.41) is 11.4. The Balaban J connectivity index is 2.17. The number of aliphatic hydroxyl groups is 1. The maximum atomic E-state index is 12.7. The lowest BCUT2D eigenvalue weighted by Crippen LogP contribution is -2.52. The van der Waals surface area contributed by atoms with E-state index < -0.39 is 30.2 Å². The maximum absolute atomic E-state index is 12.7. The summed E-state index contributed by atoms with van der Waals surface area (Å²) in [6, 6.07) is 13.2. The van der Waals surface area contributed by atoms with Gasteiger partial charge in [0.05, 0.1) is 6.61 Å². The van der Waals surface area contributed by atoms with E-state index in [0.29, 0.717) is 12.2 Å². The molecule has 0 heterocycles. The van der Waals surface area contributed by atoms with Gasteiger partial charge >= 0.3 is 0 Å². The van der Waals surface area contributed by atoms with Crippen LogP contribution in [0.3, 0.4) is 0 Å². The second kappa shape index (κ2) is 10.4. The minimum absolute atomic E-state index is 0.332. The number of carbonyl (C=O) groups is 3. The molecule has 2 rings (SSSR count). The molecule has 7 heteroatoms. The van der Waals surface area contributed by atoms with Gasteiger partial charge in [0, 0.05) is 19.7 Å². The fourth-order valence-electron chi connectivity index (χ4n) is 2.85. The summed E-state index contributed by atoms with van der Waals surface area (Å²) in [6.07, 6.45) is 0.941. The van der Waals surface area contributed by atoms with E-state index in [1.807, 2.05) is 31.2 Å². The zero-order valence-corrected chi connectivity index (χ0v) is 16.8. The highest BCUT2D eigenvalue weighted by Gasteiger charge is 2.32. The Bertz CT molecular complexity index is 831. The summed E-state index contributed by atoms with van der Waals surface area (Å²) in [5.74, 6) is -1.09. The Morgan fingerprint density at radius 2 is 1.59 bits per heavy atom. The topological polar surface area (TPSA) is 95.9 Å². The van der Waals surface area contributed by atoms with Gasteiger partial charge in [0.1, 0.15) is 12.4 Å². The van der Waals surface area contributed by atoms with Crippen molar-refractivity contribution in [2.45, 2.75) is 19.4 Å². The molecule has 0 spiro atoms. The zero-order chi connectivity index (χ0) is 21.4. The smallest absolute Gasteiger partial charge is 0.254 e. The first kappa shape index (κ1) is 22.1. The van der Waals surface area contributed by atoms with E-state index in [4.69, 9.17) is 9.84 Å². The number of likely N-dealkylation sites (N-methyl/N-ethyl adjacent to an activating group) is 2. The molecular formula is C22H26N2O5. The third-order valence-electron chi connectivity index (χ3n) is 4.46. The summed E-state index contributed by atoms with van der Waals surface area (Å²) >= 11 is 0. The van der Waals surface area contributed by atoms with Gasteiger partial charge in [-0.1, -0.05) is 31.2 Å². The highest BCUT2D eigenvalue weighted by molar-refractivity contribution is 6.10. The van der Waals surface area contributed by atoms with Crippen molar-refractivity contribution in [2.75, 3.05) is 27.3 Å². The molecule has 1 atom stereocenters. The Labute approximate surface area is 170 Å². The molecule has 7 nitrogen and oxygen atoms in total. The van der Waals surface area contributed by atoms with Crippen molar-refractivity contribution >= 4 is 17.6 Å². The molecule has 1 unspecified atom stereocenters. The number of Topliss-reactive ketones (excluding diaryl/α,β-unsaturated/α-hetero) is 1. The molecule has 154 valence electrons. The second-order valence-corrected chi connectivity index (χ2v) is 6.51. The van der Waals surface area contributed by atoms with Crippen molar-refractivity contribution in [1.29, 1.82) is 0 Å². The third kappa shape index (κ3) is 5.42. The lowest BCUT2D eigenvalue weighted by atomic mass is 10.0. The average molecular weight is 398 g/mol. The number of hydrogen-bond acceptors (Lipinski definition) is 5. The largest absolute Gasteiger partial charge is 0.494 e. The fourth-order valence-corrected chi connectivity index (χ4v) is 2.85. The minimum atomic E-state index is -1.38. The first-order chi connectivity index (χ1) is 13.9. The van der Waals surface area contributed by atoms with Gasteiger partial charge in [-0.3, -0.25) is 14.4 Å². The first-order valence-corrected chi connectivity index (χ1v) is 9.38.